The summed E-state index contributed by atoms with van der Waals surface area (Å²) in [7, 11) is 1.79. The van der Waals surface area contributed by atoms with Gasteiger partial charge in [-0.2, -0.15) is 0 Å². The number of nitrogens with zero attached hydrogens (tertiary/aromatic N) is 2. The Hall–Kier alpha value is -1.46. The molecule has 0 atom stereocenters. The molecule has 0 saturated heterocycles. The summed E-state index contributed by atoms with van der Waals surface area (Å²) < 4.78 is 1.01. The quantitative estimate of drug-likeness (QED) is 0.783. The van der Waals surface area contributed by atoms with E-state index in [2.05, 4.69) is 20.9 Å². The first-order chi connectivity index (χ1) is 9.56. The smallest absolute Gasteiger partial charge is 0.246 e. The third kappa shape index (κ3) is 4.02. The largest absolute Gasteiger partial charge is 0.338 e. The number of aryl methyl sites for hydroxylation is 1. The number of benzene rings is 1. The van der Waals surface area contributed by atoms with Crippen molar-refractivity contribution in [2.75, 3.05) is 7.05 Å². The van der Waals surface area contributed by atoms with Gasteiger partial charge in [0.15, 0.2) is 0 Å². The summed E-state index contributed by atoms with van der Waals surface area (Å²) in [4.78, 5) is 18.0. The van der Waals surface area contributed by atoms with Crippen LogP contribution in [0.25, 0.3) is 6.08 Å². The van der Waals surface area contributed by atoms with Crippen LogP contribution in [0.2, 0.25) is 0 Å². The van der Waals surface area contributed by atoms with Crippen LogP contribution in [0.4, 0.5) is 0 Å². The van der Waals surface area contributed by atoms with Gasteiger partial charge in [0, 0.05) is 29.5 Å². The van der Waals surface area contributed by atoms with Crippen molar-refractivity contribution < 1.29 is 4.79 Å². The topological polar surface area (TPSA) is 33.2 Å². The van der Waals surface area contributed by atoms with Crippen LogP contribution >= 0.6 is 27.3 Å². The average molecular weight is 351 g/mol. The maximum atomic E-state index is 12.0. The third-order valence-electron chi connectivity index (χ3n) is 2.78. The van der Waals surface area contributed by atoms with E-state index in [-0.39, 0.29) is 5.91 Å². The Balaban J connectivity index is 1.99. The summed E-state index contributed by atoms with van der Waals surface area (Å²) >= 11 is 5.06. The van der Waals surface area contributed by atoms with Crippen molar-refractivity contribution in [3.8, 4) is 0 Å². The first kappa shape index (κ1) is 14.9. The molecule has 0 saturated carbocycles. The van der Waals surface area contributed by atoms with Crippen LogP contribution < -0.4 is 0 Å². The summed E-state index contributed by atoms with van der Waals surface area (Å²) in [5.74, 6) is -0.0357. The van der Waals surface area contributed by atoms with Crippen molar-refractivity contribution in [1.29, 1.82) is 0 Å². The number of likely N-dealkylation sites (N-methyl/N-ethyl adjacent to an activating group) is 1. The monoisotopic (exact) mass is 350 g/mol. The minimum Gasteiger partial charge on any atom is -0.338 e. The third-order valence-corrected chi connectivity index (χ3v) is 4.34. The predicted octanol–water partition coefficient (Wildman–Crippen LogP) is 3.89. The summed E-state index contributed by atoms with van der Waals surface area (Å²) in [6.07, 6.45) is 3.31. The molecule has 1 aromatic carbocycles. The van der Waals surface area contributed by atoms with E-state index in [1.807, 2.05) is 36.6 Å². The Kier molecular flexibility index (Phi) is 5.09. The first-order valence-corrected chi connectivity index (χ1v) is 7.82. The highest BCUT2D eigenvalue weighted by molar-refractivity contribution is 9.10. The van der Waals surface area contributed by atoms with Gasteiger partial charge in [-0.05, 0) is 24.6 Å². The Morgan fingerprint density at radius 3 is 2.85 bits per heavy atom. The summed E-state index contributed by atoms with van der Waals surface area (Å²) in [5, 5.41) is 2.94. The van der Waals surface area contributed by atoms with E-state index in [9.17, 15) is 4.79 Å². The van der Waals surface area contributed by atoms with E-state index in [4.69, 9.17) is 0 Å². The number of halogens is 1. The van der Waals surface area contributed by atoms with Crippen LogP contribution in [0.3, 0.4) is 0 Å². The number of hydrogen-bond acceptors (Lipinski definition) is 3. The highest BCUT2D eigenvalue weighted by Gasteiger charge is 2.08. The van der Waals surface area contributed by atoms with Gasteiger partial charge in [0.2, 0.25) is 5.91 Å². The molecule has 0 spiro atoms. The van der Waals surface area contributed by atoms with Gasteiger partial charge in [0.1, 0.15) is 0 Å². The SMILES string of the molecule is Cc1nc(/C=C/C(=O)N(C)Cc2ccccc2Br)cs1. The van der Waals surface area contributed by atoms with E-state index in [1.54, 1.807) is 35.4 Å². The predicted molar refractivity (Wildman–Crippen MR) is 86.5 cm³/mol. The average Bonchev–Trinajstić information content (AvgIpc) is 2.84. The first-order valence-electron chi connectivity index (χ1n) is 6.15. The van der Waals surface area contributed by atoms with Crippen molar-refractivity contribution in [2.24, 2.45) is 0 Å². The Labute approximate surface area is 131 Å². The second kappa shape index (κ2) is 6.81. The summed E-state index contributed by atoms with van der Waals surface area (Å²) in [6.45, 7) is 2.52. The van der Waals surface area contributed by atoms with Gasteiger partial charge in [0.25, 0.3) is 0 Å². The van der Waals surface area contributed by atoms with Gasteiger partial charge in [-0.1, -0.05) is 34.1 Å². The maximum Gasteiger partial charge on any atom is 0.246 e. The standard InChI is InChI=1S/C15H15BrN2OS/c1-11-17-13(10-20-11)7-8-15(19)18(2)9-12-5-3-4-6-14(12)16/h3-8,10H,9H2,1-2H3/b8-7+. The number of thiazole rings is 1. The van der Waals surface area contributed by atoms with Gasteiger partial charge in [-0.3, -0.25) is 4.79 Å². The molecule has 1 aromatic heterocycles. The van der Waals surface area contributed by atoms with Crippen molar-refractivity contribution in [1.82, 2.24) is 9.88 Å². The summed E-state index contributed by atoms with van der Waals surface area (Å²) in [6, 6.07) is 7.90. The zero-order valence-corrected chi connectivity index (χ0v) is 13.7. The Morgan fingerprint density at radius 2 is 2.20 bits per heavy atom. The van der Waals surface area contributed by atoms with Crippen LogP contribution in [0, 0.1) is 6.92 Å². The van der Waals surface area contributed by atoms with Crippen LogP contribution in [0.5, 0.6) is 0 Å². The molecule has 104 valence electrons. The minimum atomic E-state index is -0.0357. The van der Waals surface area contributed by atoms with Crippen LogP contribution in [-0.4, -0.2) is 22.8 Å². The zero-order valence-electron chi connectivity index (χ0n) is 11.3. The molecule has 20 heavy (non-hydrogen) atoms. The lowest BCUT2D eigenvalue weighted by molar-refractivity contribution is -0.125. The molecule has 0 N–H and O–H groups in total. The van der Waals surface area contributed by atoms with Gasteiger partial charge in [-0.25, -0.2) is 4.98 Å². The molecule has 0 aliphatic carbocycles. The molecule has 0 bridgehead atoms. The number of rotatable bonds is 4. The van der Waals surface area contributed by atoms with E-state index in [0.29, 0.717) is 6.54 Å². The zero-order chi connectivity index (χ0) is 14.5. The molecule has 1 amide bonds. The molecule has 0 aliphatic rings. The molecule has 1 heterocycles. The van der Waals surface area contributed by atoms with Crippen LogP contribution in [0.1, 0.15) is 16.3 Å². The maximum absolute atomic E-state index is 12.0. The molecule has 2 aromatic rings. The molecule has 5 heteroatoms. The summed E-state index contributed by atoms with van der Waals surface area (Å²) in [5.41, 5.74) is 1.91. The molecular weight excluding hydrogens is 336 g/mol. The number of carbonyl (C=O) groups is 1. The highest BCUT2D eigenvalue weighted by atomic mass is 79.9. The molecule has 0 radical (unpaired) electrons. The number of aromatic nitrogens is 1. The van der Waals surface area contributed by atoms with E-state index in [0.717, 1.165) is 20.7 Å². The van der Waals surface area contributed by atoms with Gasteiger partial charge < -0.3 is 4.90 Å². The minimum absolute atomic E-state index is 0.0357. The lowest BCUT2D eigenvalue weighted by Crippen LogP contribution is -2.24. The molecule has 0 aliphatic heterocycles. The second-order valence-electron chi connectivity index (χ2n) is 4.41. The number of amides is 1. The van der Waals surface area contributed by atoms with Crippen molar-refractivity contribution in [3.63, 3.8) is 0 Å². The van der Waals surface area contributed by atoms with Crippen molar-refractivity contribution in [2.45, 2.75) is 13.5 Å². The van der Waals surface area contributed by atoms with Gasteiger partial charge in [0.05, 0.1) is 10.7 Å². The van der Waals surface area contributed by atoms with Gasteiger partial charge >= 0.3 is 0 Å². The van der Waals surface area contributed by atoms with E-state index >= 15 is 0 Å². The fourth-order valence-corrected chi connectivity index (χ4v) is 2.69. The van der Waals surface area contributed by atoms with E-state index < -0.39 is 0 Å². The molecule has 2 rings (SSSR count). The lowest BCUT2D eigenvalue weighted by atomic mass is 10.2. The second-order valence-corrected chi connectivity index (χ2v) is 6.33. The normalized spacial score (nSPS) is 10.9. The molecule has 3 nitrogen and oxygen atoms in total. The fourth-order valence-electron chi connectivity index (χ4n) is 1.70. The Bertz CT molecular complexity index is 636. The molecular formula is C15H15BrN2OS. The molecule has 0 fully saturated rings. The van der Waals surface area contributed by atoms with Crippen LogP contribution in [-0.2, 0) is 11.3 Å². The molecule has 0 unspecified atom stereocenters. The van der Waals surface area contributed by atoms with Crippen molar-refractivity contribution in [3.05, 3.63) is 56.5 Å². The van der Waals surface area contributed by atoms with Gasteiger partial charge in [-0.15, -0.1) is 11.3 Å². The number of hydrogen-bond donors (Lipinski definition) is 0. The fraction of sp³-hybridized carbons (Fsp3) is 0.200. The van der Waals surface area contributed by atoms with E-state index in [1.165, 1.54) is 0 Å². The Morgan fingerprint density at radius 1 is 1.45 bits per heavy atom. The van der Waals surface area contributed by atoms with Crippen molar-refractivity contribution >= 4 is 39.2 Å². The highest BCUT2D eigenvalue weighted by Crippen LogP contribution is 2.17. The van der Waals surface area contributed by atoms with Crippen LogP contribution in [0.15, 0.2) is 40.2 Å². The number of carbonyl (C=O) groups excluding carboxylic acids is 1. The lowest BCUT2D eigenvalue weighted by Gasteiger charge is -2.16.